The minimum Gasteiger partial charge on any atom is -0.391 e. The number of hydrogen-bond acceptors (Lipinski definition) is 5. The molecule has 1 aliphatic carbocycles. The highest BCUT2D eigenvalue weighted by Gasteiger charge is 2.25. The zero-order valence-electron chi connectivity index (χ0n) is 15.8. The molecule has 148 valence electrons. The Hall–Kier alpha value is -2.54. The molecule has 4 rings (SSSR count). The number of aromatic nitrogens is 2. The molecule has 6 nitrogen and oxygen atoms in total. The Kier molecular flexibility index (Phi) is 5.52. The van der Waals surface area contributed by atoms with Gasteiger partial charge in [-0.3, -0.25) is 4.79 Å². The number of rotatable bonds is 4. The van der Waals surface area contributed by atoms with Crippen LogP contribution in [0.15, 0.2) is 30.5 Å². The summed E-state index contributed by atoms with van der Waals surface area (Å²) in [5, 5.41) is 13.0. The van der Waals surface area contributed by atoms with E-state index in [1.54, 1.807) is 29.2 Å². The molecule has 2 N–H and O–H groups in total. The molecular weight excluding hydrogens is 359 g/mol. The van der Waals surface area contributed by atoms with Crippen molar-refractivity contribution in [2.45, 2.75) is 50.7 Å². The van der Waals surface area contributed by atoms with Crippen LogP contribution in [0, 0.1) is 5.82 Å². The minimum absolute atomic E-state index is 0.159. The fourth-order valence-electron chi connectivity index (χ4n) is 3.98. The summed E-state index contributed by atoms with van der Waals surface area (Å²) in [6.45, 7) is 0.863. The molecule has 2 fully saturated rings. The number of nitrogens with one attached hydrogen (secondary N) is 1. The van der Waals surface area contributed by atoms with E-state index >= 15 is 0 Å². The van der Waals surface area contributed by atoms with Crippen molar-refractivity contribution in [1.82, 2.24) is 14.9 Å². The van der Waals surface area contributed by atoms with E-state index in [9.17, 15) is 14.3 Å². The lowest BCUT2D eigenvalue weighted by Crippen LogP contribution is -2.29. The number of aliphatic hydroxyl groups is 1. The van der Waals surface area contributed by atoms with E-state index in [1.165, 1.54) is 25.5 Å². The molecule has 28 heavy (non-hydrogen) atoms. The molecule has 2 aliphatic rings. The van der Waals surface area contributed by atoms with E-state index in [0.29, 0.717) is 42.6 Å². The summed E-state index contributed by atoms with van der Waals surface area (Å²) < 4.78 is 14.4. The van der Waals surface area contributed by atoms with Crippen molar-refractivity contribution in [2.24, 2.45) is 0 Å². The number of benzene rings is 1. The molecule has 1 saturated heterocycles. The average Bonchev–Trinajstić information content (AvgIpc) is 3.16. The molecule has 2 aromatic rings. The maximum Gasteiger partial charge on any atom is 0.253 e. The van der Waals surface area contributed by atoms with Gasteiger partial charge in [-0.05, 0) is 31.4 Å². The van der Waals surface area contributed by atoms with Gasteiger partial charge in [-0.2, -0.15) is 0 Å². The molecule has 1 aromatic heterocycles. The number of aliphatic hydroxyl groups excluding tert-OH is 1. The summed E-state index contributed by atoms with van der Waals surface area (Å²) in [7, 11) is 0. The fourth-order valence-corrected chi connectivity index (χ4v) is 3.98. The van der Waals surface area contributed by atoms with Gasteiger partial charge in [0.15, 0.2) is 5.82 Å². The first-order valence-electron chi connectivity index (χ1n) is 9.97. The second kappa shape index (κ2) is 8.22. The topological polar surface area (TPSA) is 78.4 Å². The van der Waals surface area contributed by atoms with Crippen molar-refractivity contribution in [3.05, 3.63) is 41.8 Å². The highest BCUT2D eigenvalue weighted by atomic mass is 19.1. The zero-order chi connectivity index (χ0) is 19.5. The van der Waals surface area contributed by atoms with E-state index in [0.717, 1.165) is 12.8 Å². The molecule has 0 bridgehead atoms. The monoisotopic (exact) mass is 384 g/mol. The normalized spacial score (nSPS) is 20.4. The molecule has 1 saturated carbocycles. The van der Waals surface area contributed by atoms with Crippen LogP contribution in [-0.2, 0) is 0 Å². The molecule has 1 aromatic carbocycles. The second-order valence-corrected chi connectivity index (χ2v) is 7.64. The minimum atomic E-state index is -0.518. The fraction of sp³-hybridized carbons (Fsp3) is 0.476. The van der Waals surface area contributed by atoms with E-state index in [4.69, 9.17) is 0 Å². The van der Waals surface area contributed by atoms with Crippen LogP contribution in [0.2, 0.25) is 0 Å². The maximum atomic E-state index is 14.4. The summed E-state index contributed by atoms with van der Waals surface area (Å²) in [5.41, 5.74) is 1.19. The molecular formula is C21H25FN4O2. The lowest BCUT2D eigenvalue weighted by atomic mass is 9.96. The van der Waals surface area contributed by atoms with Crippen LogP contribution >= 0.6 is 0 Å². The number of nitrogens with zero attached hydrogens (tertiary/aromatic N) is 3. The van der Waals surface area contributed by atoms with Gasteiger partial charge in [0.1, 0.15) is 5.69 Å². The van der Waals surface area contributed by atoms with E-state index < -0.39 is 11.9 Å². The third kappa shape index (κ3) is 4.14. The summed E-state index contributed by atoms with van der Waals surface area (Å²) >= 11 is 0. The van der Waals surface area contributed by atoms with Crippen LogP contribution in [0.5, 0.6) is 0 Å². The van der Waals surface area contributed by atoms with E-state index in [-0.39, 0.29) is 11.6 Å². The Balaban J connectivity index is 1.56. The van der Waals surface area contributed by atoms with Gasteiger partial charge in [0, 0.05) is 30.3 Å². The number of amides is 1. The number of likely N-dealkylation sites (tertiary alicyclic amines) is 1. The number of halogens is 1. The van der Waals surface area contributed by atoms with Gasteiger partial charge in [0.25, 0.3) is 5.91 Å². The van der Waals surface area contributed by atoms with Gasteiger partial charge in [0.2, 0.25) is 5.95 Å². The third-order valence-electron chi connectivity index (χ3n) is 5.52. The predicted octanol–water partition coefficient (Wildman–Crippen LogP) is 3.23. The van der Waals surface area contributed by atoms with Gasteiger partial charge >= 0.3 is 0 Å². The molecule has 0 radical (unpaired) electrons. The average molecular weight is 384 g/mol. The van der Waals surface area contributed by atoms with Crippen LogP contribution in [0.3, 0.4) is 0 Å². The summed E-state index contributed by atoms with van der Waals surface area (Å²) in [6, 6.07) is 7.15. The van der Waals surface area contributed by atoms with Crippen LogP contribution in [0.1, 0.15) is 48.9 Å². The van der Waals surface area contributed by atoms with Crippen LogP contribution < -0.4 is 5.32 Å². The highest BCUT2D eigenvalue weighted by Crippen LogP contribution is 2.25. The van der Waals surface area contributed by atoms with Gasteiger partial charge in [0.05, 0.1) is 12.3 Å². The van der Waals surface area contributed by atoms with Crippen molar-refractivity contribution < 1.29 is 14.3 Å². The van der Waals surface area contributed by atoms with Crippen LogP contribution in [0.4, 0.5) is 10.3 Å². The SMILES string of the molecule is O=C(c1cccc(-c2nc(NC3CCCCC3)ncc2F)c1)N1CC[C@H](O)C1. The Morgan fingerprint density at radius 1 is 1.21 bits per heavy atom. The van der Waals surface area contributed by atoms with Gasteiger partial charge < -0.3 is 15.3 Å². The molecule has 0 unspecified atom stereocenters. The predicted molar refractivity (Wildman–Crippen MR) is 104 cm³/mol. The van der Waals surface area contributed by atoms with Crippen molar-refractivity contribution in [3.63, 3.8) is 0 Å². The Bertz CT molecular complexity index is 854. The number of carbonyl (C=O) groups excluding carboxylic acids is 1. The van der Waals surface area contributed by atoms with Gasteiger partial charge in [-0.1, -0.05) is 31.4 Å². The Morgan fingerprint density at radius 3 is 2.79 bits per heavy atom. The van der Waals surface area contributed by atoms with Crippen molar-refractivity contribution in [3.8, 4) is 11.3 Å². The molecule has 1 atom stereocenters. The van der Waals surface area contributed by atoms with E-state index in [1.807, 2.05) is 0 Å². The van der Waals surface area contributed by atoms with E-state index in [2.05, 4.69) is 15.3 Å². The van der Waals surface area contributed by atoms with Crippen molar-refractivity contribution in [2.75, 3.05) is 18.4 Å². The van der Waals surface area contributed by atoms with Crippen molar-refractivity contribution in [1.29, 1.82) is 0 Å². The molecule has 1 amide bonds. The molecule has 0 spiro atoms. The first kappa shape index (κ1) is 18.8. The Labute approximate surface area is 163 Å². The zero-order valence-corrected chi connectivity index (χ0v) is 15.8. The van der Waals surface area contributed by atoms with Crippen LogP contribution in [0.25, 0.3) is 11.3 Å². The summed E-state index contributed by atoms with van der Waals surface area (Å²) in [6.07, 6.45) is 7.05. The quantitative estimate of drug-likeness (QED) is 0.846. The van der Waals surface area contributed by atoms with Crippen molar-refractivity contribution >= 4 is 11.9 Å². The van der Waals surface area contributed by atoms with Crippen LogP contribution in [-0.4, -0.2) is 51.1 Å². The lowest BCUT2D eigenvalue weighted by molar-refractivity contribution is 0.0765. The highest BCUT2D eigenvalue weighted by molar-refractivity contribution is 5.95. The smallest absolute Gasteiger partial charge is 0.253 e. The van der Waals surface area contributed by atoms with Gasteiger partial charge in [-0.15, -0.1) is 0 Å². The first-order chi connectivity index (χ1) is 13.6. The number of hydrogen-bond donors (Lipinski definition) is 2. The van der Waals surface area contributed by atoms with Gasteiger partial charge in [-0.25, -0.2) is 14.4 Å². The number of β-amino-alcohol motifs (C(OH)–C–C–N with tert-alkyl or cyclic N) is 1. The number of carbonyl (C=O) groups is 1. The molecule has 2 heterocycles. The third-order valence-corrected chi connectivity index (χ3v) is 5.52. The maximum absolute atomic E-state index is 14.4. The number of anilines is 1. The lowest BCUT2D eigenvalue weighted by Gasteiger charge is -2.22. The Morgan fingerprint density at radius 2 is 2.04 bits per heavy atom. The second-order valence-electron chi connectivity index (χ2n) is 7.64. The largest absolute Gasteiger partial charge is 0.391 e. The summed E-state index contributed by atoms with van der Waals surface area (Å²) in [4.78, 5) is 22.8. The first-order valence-corrected chi connectivity index (χ1v) is 9.97. The summed E-state index contributed by atoms with van der Waals surface area (Å²) in [5.74, 6) is -0.258. The standard InChI is InChI=1S/C21H25FN4O2/c22-18-12-23-21(24-16-7-2-1-3-8-16)25-19(18)14-5-4-6-15(11-14)20(28)26-10-9-17(27)13-26/h4-6,11-12,16-17,27H,1-3,7-10,13H2,(H,23,24,25)/t17-/m0/s1. The molecule has 7 heteroatoms. The molecule has 1 aliphatic heterocycles.